The molecule has 0 atom stereocenters. The predicted molar refractivity (Wildman–Crippen MR) is 118 cm³/mol. The molecule has 2 heteroatoms. The zero-order chi connectivity index (χ0) is 19.9. The molecule has 0 amide bonds. The van der Waals surface area contributed by atoms with Crippen LogP contribution in [0.4, 0.5) is 0 Å². The highest BCUT2D eigenvalue weighted by molar-refractivity contribution is 5.82. The summed E-state index contributed by atoms with van der Waals surface area (Å²) in [6.45, 7) is 0.492. The van der Waals surface area contributed by atoms with Gasteiger partial charge in [-0.25, -0.2) is 0 Å². The van der Waals surface area contributed by atoms with Crippen molar-refractivity contribution in [1.82, 2.24) is 0 Å². The van der Waals surface area contributed by atoms with E-state index in [1.807, 2.05) is 48.5 Å². The largest absolute Gasteiger partial charge is 0.488 e. The van der Waals surface area contributed by atoms with E-state index < -0.39 is 0 Å². The van der Waals surface area contributed by atoms with E-state index in [0.29, 0.717) is 13.0 Å². The normalized spacial score (nSPS) is 10.5. The molecule has 0 saturated heterocycles. The van der Waals surface area contributed by atoms with Gasteiger partial charge in [0, 0.05) is 17.5 Å². The van der Waals surface area contributed by atoms with Crippen LogP contribution in [0.25, 0.3) is 22.3 Å². The first kappa shape index (κ1) is 18.7. The first-order valence-electron chi connectivity index (χ1n) is 9.73. The summed E-state index contributed by atoms with van der Waals surface area (Å²) in [7, 11) is 0. The van der Waals surface area contributed by atoms with Gasteiger partial charge in [-0.15, -0.1) is 0 Å². The highest BCUT2D eigenvalue weighted by Crippen LogP contribution is 2.39. The number of ether oxygens (including phenoxy) is 1. The van der Waals surface area contributed by atoms with Crippen LogP contribution in [0.5, 0.6) is 5.75 Å². The molecule has 0 aliphatic heterocycles. The third kappa shape index (κ3) is 4.44. The van der Waals surface area contributed by atoms with Crippen LogP contribution >= 0.6 is 0 Å². The van der Waals surface area contributed by atoms with Crippen LogP contribution in [0.2, 0.25) is 0 Å². The van der Waals surface area contributed by atoms with Crippen LogP contribution in [0.1, 0.15) is 11.1 Å². The fourth-order valence-electron chi connectivity index (χ4n) is 3.46. The van der Waals surface area contributed by atoms with Crippen molar-refractivity contribution in [3.05, 3.63) is 114 Å². The van der Waals surface area contributed by atoms with Gasteiger partial charge in [0.2, 0.25) is 0 Å². The van der Waals surface area contributed by atoms with Crippen LogP contribution in [0.15, 0.2) is 103 Å². The lowest BCUT2D eigenvalue weighted by atomic mass is 9.96. The minimum atomic E-state index is 0.409. The van der Waals surface area contributed by atoms with E-state index in [0.717, 1.165) is 45.4 Å². The summed E-state index contributed by atoms with van der Waals surface area (Å²) in [6, 6.07) is 34.8. The highest BCUT2D eigenvalue weighted by atomic mass is 16.5. The molecule has 0 N–H and O–H groups in total. The summed E-state index contributed by atoms with van der Waals surface area (Å²) in [5.74, 6) is 0.853. The molecule has 0 radical (unpaired) electrons. The number of carbonyl (C=O) groups excluding carboxylic acids is 1. The molecule has 4 aromatic carbocycles. The van der Waals surface area contributed by atoms with Crippen molar-refractivity contribution in [2.75, 3.05) is 0 Å². The summed E-state index contributed by atoms with van der Waals surface area (Å²) in [6.07, 6.45) is 1.35. The first-order valence-corrected chi connectivity index (χ1v) is 9.73. The zero-order valence-corrected chi connectivity index (χ0v) is 16.1. The molecule has 29 heavy (non-hydrogen) atoms. The lowest BCUT2D eigenvalue weighted by Gasteiger charge is -2.17. The quantitative estimate of drug-likeness (QED) is 0.351. The molecule has 142 valence electrons. The summed E-state index contributed by atoms with van der Waals surface area (Å²) < 4.78 is 6.39. The molecule has 4 rings (SSSR count). The van der Waals surface area contributed by atoms with Gasteiger partial charge in [0.05, 0.1) is 0 Å². The van der Waals surface area contributed by atoms with E-state index in [1.54, 1.807) is 0 Å². The molecule has 0 spiro atoms. The van der Waals surface area contributed by atoms with E-state index in [1.165, 1.54) is 0 Å². The van der Waals surface area contributed by atoms with Crippen LogP contribution in [0.3, 0.4) is 0 Å². The Morgan fingerprint density at radius 2 is 1.21 bits per heavy atom. The summed E-state index contributed by atoms with van der Waals surface area (Å²) in [5.41, 5.74) is 6.36. The molecule has 0 heterocycles. The molecule has 2 nitrogen and oxygen atoms in total. The monoisotopic (exact) mass is 378 g/mol. The maximum absolute atomic E-state index is 11.0. The number of rotatable bonds is 7. The highest BCUT2D eigenvalue weighted by Gasteiger charge is 2.14. The van der Waals surface area contributed by atoms with Crippen LogP contribution in [-0.4, -0.2) is 6.29 Å². The second-order valence-electron chi connectivity index (χ2n) is 6.89. The fourth-order valence-corrected chi connectivity index (χ4v) is 3.46. The van der Waals surface area contributed by atoms with Crippen molar-refractivity contribution >= 4 is 6.29 Å². The third-order valence-electron chi connectivity index (χ3n) is 4.88. The molecule has 0 aliphatic rings. The minimum absolute atomic E-state index is 0.409. The van der Waals surface area contributed by atoms with E-state index in [2.05, 4.69) is 54.6 Å². The van der Waals surface area contributed by atoms with Crippen molar-refractivity contribution in [3.63, 3.8) is 0 Å². The van der Waals surface area contributed by atoms with E-state index in [4.69, 9.17) is 4.74 Å². The Labute approximate surface area is 171 Å². The Hall–Kier alpha value is -3.65. The van der Waals surface area contributed by atoms with Gasteiger partial charge >= 0.3 is 0 Å². The Balaban J connectivity index is 1.80. The van der Waals surface area contributed by atoms with Gasteiger partial charge in [-0.1, -0.05) is 103 Å². The van der Waals surface area contributed by atoms with Crippen LogP contribution in [-0.2, 0) is 17.8 Å². The average Bonchev–Trinajstić information content (AvgIpc) is 2.79. The number of para-hydroxylation sites is 1. The lowest BCUT2D eigenvalue weighted by molar-refractivity contribution is -0.107. The molecule has 0 fully saturated rings. The molecule has 0 bridgehead atoms. The summed E-state index contributed by atoms with van der Waals surface area (Å²) in [5, 5.41) is 0. The van der Waals surface area contributed by atoms with Crippen molar-refractivity contribution in [3.8, 4) is 28.0 Å². The van der Waals surface area contributed by atoms with Gasteiger partial charge < -0.3 is 9.53 Å². The molecule has 0 aromatic heterocycles. The minimum Gasteiger partial charge on any atom is -0.488 e. The van der Waals surface area contributed by atoms with Crippen LogP contribution in [0, 0.1) is 0 Å². The third-order valence-corrected chi connectivity index (χ3v) is 4.88. The van der Waals surface area contributed by atoms with Gasteiger partial charge in [-0.3, -0.25) is 0 Å². The molecular formula is C27H22O2. The Morgan fingerprint density at radius 1 is 0.621 bits per heavy atom. The average molecular weight is 378 g/mol. The van der Waals surface area contributed by atoms with Gasteiger partial charge in [-0.2, -0.15) is 0 Å². The number of hydrogen-bond donors (Lipinski definition) is 0. The lowest BCUT2D eigenvalue weighted by Crippen LogP contribution is -1.99. The van der Waals surface area contributed by atoms with Crippen molar-refractivity contribution in [1.29, 1.82) is 0 Å². The topological polar surface area (TPSA) is 26.3 Å². The molecule has 0 saturated carbocycles. The maximum Gasteiger partial charge on any atom is 0.135 e. The smallest absolute Gasteiger partial charge is 0.135 e. The Morgan fingerprint density at radius 3 is 1.93 bits per heavy atom. The number of hydrogen-bond acceptors (Lipinski definition) is 2. The first-order chi connectivity index (χ1) is 14.3. The molecular weight excluding hydrogens is 356 g/mol. The van der Waals surface area contributed by atoms with E-state index in [-0.39, 0.29) is 0 Å². The summed E-state index contributed by atoms with van der Waals surface area (Å²) in [4.78, 5) is 11.0. The second-order valence-corrected chi connectivity index (χ2v) is 6.89. The van der Waals surface area contributed by atoms with E-state index >= 15 is 0 Å². The zero-order valence-electron chi connectivity index (χ0n) is 16.1. The van der Waals surface area contributed by atoms with Crippen molar-refractivity contribution in [2.45, 2.75) is 13.0 Å². The number of carbonyl (C=O) groups is 1. The SMILES string of the molecule is O=CCc1cccc(-c2cccc(-c3ccccc3)c2OCc2ccccc2)c1. The molecule has 0 unspecified atom stereocenters. The van der Waals surface area contributed by atoms with Gasteiger partial charge in [0.25, 0.3) is 0 Å². The number of aldehydes is 1. The summed E-state index contributed by atoms with van der Waals surface area (Å²) >= 11 is 0. The predicted octanol–water partition coefficient (Wildman–Crippen LogP) is 6.34. The van der Waals surface area contributed by atoms with Crippen molar-refractivity contribution < 1.29 is 9.53 Å². The number of benzene rings is 4. The van der Waals surface area contributed by atoms with Crippen LogP contribution < -0.4 is 4.74 Å². The molecule has 0 aliphatic carbocycles. The van der Waals surface area contributed by atoms with Gasteiger partial charge in [0.15, 0.2) is 0 Å². The maximum atomic E-state index is 11.0. The van der Waals surface area contributed by atoms with E-state index in [9.17, 15) is 4.79 Å². The van der Waals surface area contributed by atoms with Gasteiger partial charge in [0.1, 0.15) is 18.6 Å². The van der Waals surface area contributed by atoms with Crippen molar-refractivity contribution in [2.24, 2.45) is 0 Å². The van der Waals surface area contributed by atoms with Gasteiger partial charge in [-0.05, 0) is 22.3 Å². The Kier molecular flexibility index (Phi) is 5.82. The fraction of sp³-hybridized carbons (Fsp3) is 0.0741. The second kappa shape index (κ2) is 9.03. The Bertz CT molecular complexity index is 1090. The molecule has 4 aromatic rings. The standard InChI is InChI=1S/C27H22O2/c28-18-17-21-11-7-14-24(19-21)26-16-8-15-25(23-12-5-2-6-13-23)27(26)29-20-22-9-3-1-4-10-22/h1-16,18-19H,17,20H2.